The fourth-order valence-electron chi connectivity index (χ4n) is 2.16. The maximum atomic E-state index is 13.4. The number of benzene rings is 2. The van der Waals surface area contributed by atoms with Gasteiger partial charge in [-0.2, -0.15) is 5.09 Å². The van der Waals surface area contributed by atoms with Crippen LogP contribution < -0.4 is 19.6 Å². The molecule has 0 aliphatic heterocycles. The number of carbonyl (C=O) groups is 1. The monoisotopic (exact) mass is 408 g/mol. The molecule has 0 aromatic heterocycles. The third-order valence-corrected chi connectivity index (χ3v) is 4.93. The van der Waals surface area contributed by atoms with Crippen LogP contribution in [0.2, 0.25) is 0 Å². The quantitative estimate of drug-likeness (QED) is 0.344. The van der Waals surface area contributed by atoms with Crippen LogP contribution in [0, 0.1) is 0 Å². The standard InChI is InChI=1S/C19H25N2O6P/c1-14(2)25-19(22)15(3)21-28(23,26-17-8-6-5-7-9-17)27-18-12-10-16(11-13-18)20-24-4/h5-15,20H,1-4H3,(H,21,23)/t15-,28?/m0/s1. The van der Waals surface area contributed by atoms with Crippen molar-refractivity contribution >= 4 is 19.4 Å². The lowest BCUT2D eigenvalue weighted by molar-refractivity contribution is -0.149. The molecule has 1 unspecified atom stereocenters. The molecule has 0 heterocycles. The summed E-state index contributed by atoms with van der Waals surface area (Å²) in [5.41, 5.74) is 3.36. The fourth-order valence-corrected chi connectivity index (χ4v) is 3.68. The number of anilines is 1. The lowest BCUT2D eigenvalue weighted by Crippen LogP contribution is -2.36. The van der Waals surface area contributed by atoms with Crippen molar-refractivity contribution in [2.24, 2.45) is 0 Å². The van der Waals surface area contributed by atoms with Gasteiger partial charge in [0.25, 0.3) is 0 Å². The maximum Gasteiger partial charge on any atom is 0.513 e. The molecular formula is C19H25N2O6P. The number of carbonyl (C=O) groups excluding carboxylic acids is 1. The van der Waals surface area contributed by atoms with Crippen molar-refractivity contribution in [2.45, 2.75) is 32.9 Å². The molecule has 2 N–H and O–H groups in total. The third-order valence-electron chi connectivity index (χ3n) is 3.33. The minimum Gasteiger partial charge on any atom is -0.462 e. The molecule has 0 spiro atoms. The van der Waals surface area contributed by atoms with Crippen LogP contribution in [0.3, 0.4) is 0 Å². The first-order valence-electron chi connectivity index (χ1n) is 8.73. The average Bonchev–Trinajstić information content (AvgIpc) is 2.63. The SMILES string of the molecule is CONc1ccc(OP(=O)(N[C@@H](C)C(=O)OC(C)C)Oc2ccccc2)cc1. The highest BCUT2D eigenvalue weighted by Gasteiger charge is 2.34. The van der Waals surface area contributed by atoms with Gasteiger partial charge in [0, 0.05) is 0 Å². The molecule has 0 saturated carbocycles. The normalized spacial score (nSPS) is 14.0. The summed E-state index contributed by atoms with van der Waals surface area (Å²) in [6.07, 6.45) is -0.298. The van der Waals surface area contributed by atoms with E-state index in [4.69, 9.17) is 18.6 Å². The lowest BCUT2D eigenvalue weighted by atomic mass is 10.3. The first-order chi connectivity index (χ1) is 13.3. The molecule has 2 atom stereocenters. The number of para-hydroxylation sites is 1. The lowest BCUT2D eigenvalue weighted by Gasteiger charge is -2.23. The Balaban J connectivity index is 2.20. The second-order valence-electron chi connectivity index (χ2n) is 6.16. The predicted molar refractivity (Wildman–Crippen MR) is 106 cm³/mol. The van der Waals surface area contributed by atoms with Crippen LogP contribution in [-0.2, 0) is 18.9 Å². The van der Waals surface area contributed by atoms with E-state index in [1.54, 1.807) is 68.4 Å². The van der Waals surface area contributed by atoms with Crippen LogP contribution >= 0.6 is 7.75 Å². The summed E-state index contributed by atoms with van der Waals surface area (Å²) in [4.78, 5) is 16.9. The van der Waals surface area contributed by atoms with Gasteiger partial charge in [0.2, 0.25) is 0 Å². The van der Waals surface area contributed by atoms with Crippen molar-refractivity contribution in [1.82, 2.24) is 5.09 Å². The summed E-state index contributed by atoms with van der Waals surface area (Å²) in [5.74, 6) is 0.0633. The highest BCUT2D eigenvalue weighted by atomic mass is 31.2. The Hall–Kier alpha value is -2.54. The van der Waals surface area contributed by atoms with E-state index < -0.39 is 19.8 Å². The zero-order chi connectivity index (χ0) is 20.6. The van der Waals surface area contributed by atoms with Gasteiger partial charge in [0.15, 0.2) is 0 Å². The number of rotatable bonds is 10. The van der Waals surface area contributed by atoms with E-state index in [-0.39, 0.29) is 11.9 Å². The van der Waals surface area contributed by atoms with Crippen molar-refractivity contribution in [2.75, 3.05) is 12.6 Å². The van der Waals surface area contributed by atoms with Gasteiger partial charge >= 0.3 is 13.7 Å². The summed E-state index contributed by atoms with van der Waals surface area (Å²) >= 11 is 0. The molecule has 2 rings (SSSR count). The first-order valence-corrected chi connectivity index (χ1v) is 10.3. The Morgan fingerprint density at radius 2 is 1.50 bits per heavy atom. The first kappa shape index (κ1) is 21.8. The summed E-state index contributed by atoms with van der Waals surface area (Å²) in [6, 6.07) is 14.2. The average molecular weight is 408 g/mol. The molecule has 0 saturated heterocycles. The number of hydrogen-bond donors (Lipinski definition) is 2. The van der Waals surface area contributed by atoms with Crippen molar-refractivity contribution in [1.29, 1.82) is 0 Å². The van der Waals surface area contributed by atoms with Crippen molar-refractivity contribution in [3.05, 3.63) is 54.6 Å². The summed E-state index contributed by atoms with van der Waals surface area (Å²) in [5, 5.41) is 2.63. The Bertz CT molecular complexity index is 798. The Kier molecular flexibility index (Phi) is 7.87. The molecular weight excluding hydrogens is 383 g/mol. The van der Waals surface area contributed by atoms with Gasteiger partial charge in [-0.3, -0.25) is 15.1 Å². The van der Waals surface area contributed by atoms with E-state index in [0.717, 1.165) is 0 Å². The van der Waals surface area contributed by atoms with E-state index in [1.807, 2.05) is 0 Å². The van der Waals surface area contributed by atoms with Gasteiger partial charge in [-0.15, -0.1) is 0 Å². The number of esters is 1. The van der Waals surface area contributed by atoms with Crippen molar-refractivity contribution in [3.8, 4) is 11.5 Å². The van der Waals surface area contributed by atoms with Gasteiger partial charge in [-0.05, 0) is 57.2 Å². The molecule has 2 aromatic rings. The van der Waals surface area contributed by atoms with Gasteiger partial charge in [-0.1, -0.05) is 18.2 Å². The predicted octanol–water partition coefficient (Wildman–Crippen LogP) is 4.16. The zero-order valence-electron chi connectivity index (χ0n) is 16.2. The molecule has 0 bridgehead atoms. The smallest absolute Gasteiger partial charge is 0.462 e. The summed E-state index contributed by atoms with van der Waals surface area (Å²) in [6.45, 7) is 4.99. The van der Waals surface area contributed by atoms with E-state index in [9.17, 15) is 9.36 Å². The molecule has 2 aromatic carbocycles. The second kappa shape index (κ2) is 10.1. The number of nitrogens with one attached hydrogen (secondary N) is 2. The highest BCUT2D eigenvalue weighted by Crippen LogP contribution is 2.45. The summed E-state index contributed by atoms with van der Waals surface area (Å²) in [7, 11) is -2.46. The van der Waals surface area contributed by atoms with Crippen LogP contribution in [0.1, 0.15) is 20.8 Å². The highest BCUT2D eigenvalue weighted by molar-refractivity contribution is 7.52. The van der Waals surface area contributed by atoms with Gasteiger partial charge in [0.1, 0.15) is 17.5 Å². The van der Waals surface area contributed by atoms with Gasteiger partial charge in [0.05, 0.1) is 18.9 Å². The molecule has 0 radical (unpaired) electrons. The molecule has 0 fully saturated rings. The minimum absolute atomic E-state index is 0.290. The van der Waals surface area contributed by atoms with Gasteiger partial charge < -0.3 is 13.8 Å². The molecule has 28 heavy (non-hydrogen) atoms. The van der Waals surface area contributed by atoms with Crippen molar-refractivity contribution in [3.63, 3.8) is 0 Å². The maximum absolute atomic E-state index is 13.4. The van der Waals surface area contributed by atoms with Crippen LogP contribution in [0.25, 0.3) is 0 Å². The van der Waals surface area contributed by atoms with Crippen LogP contribution in [0.15, 0.2) is 54.6 Å². The Labute approximate surface area is 164 Å². The third kappa shape index (κ3) is 6.88. The van der Waals surface area contributed by atoms with Crippen molar-refractivity contribution < 1.29 is 28.0 Å². The van der Waals surface area contributed by atoms with E-state index in [0.29, 0.717) is 11.4 Å². The topological polar surface area (TPSA) is 95.1 Å². The summed E-state index contributed by atoms with van der Waals surface area (Å²) < 4.78 is 29.7. The van der Waals surface area contributed by atoms with E-state index >= 15 is 0 Å². The number of hydrogen-bond acceptors (Lipinski definition) is 7. The van der Waals surface area contributed by atoms with Crippen LogP contribution in [-0.4, -0.2) is 25.2 Å². The van der Waals surface area contributed by atoms with Crippen LogP contribution in [0.5, 0.6) is 11.5 Å². The van der Waals surface area contributed by atoms with E-state index in [1.165, 1.54) is 14.0 Å². The van der Waals surface area contributed by atoms with E-state index in [2.05, 4.69) is 10.6 Å². The molecule has 0 aliphatic rings. The fraction of sp³-hybridized carbons (Fsp3) is 0.316. The minimum atomic E-state index is -3.95. The van der Waals surface area contributed by atoms with Gasteiger partial charge in [-0.25, -0.2) is 4.57 Å². The zero-order valence-corrected chi connectivity index (χ0v) is 17.1. The Morgan fingerprint density at radius 1 is 0.929 bits per heavy atom. The molecule has 8 nitrogen and oxygen atoms in total. The molecule has 9 heteroatoms. The largest absolute Gasteiger partial charge is 0.513 e. The Morgan fingerprint density at radius 3 is 2.04 bits per heavy atom. The molecule has 152 valence electrons. The number of ether oxygens (including phenoxy) is 1. The van der Waals surface area contributed by atoms with Crippen LogP contribution in [0.4, 0.5) is 5.69 Å². The molecule has 0 aliphatic carbocycles. The molecule has 0 amide bonds. The second-order valence-corrected chi connectivity index (χ2v) is 7.78.